The van der Waals surface area contributed by atoms with Crippen molar-refractivity contribution in [3.05, 3.63) is 52.2 Å². The van der Waals surface area contributed by atoms with E-state index in [1.165, 1.54) is 30.8 Å². The van der Waals surface area contributed by atoms with Gasteiger partial charge in [0.05, 0.1) is 7.11 Å². The summed E-state index contributed by atoms with van der Waals surface area (Å²) in [6.45, 7) is 5.12. The molecule has 1 aromatic heterocycles. The first-order chi connectivity index (χ1) is 13.3. The third-order valence-electron chi connectivity index (χ3n) is 5.09. The third kappa shape index (κ3) is 6.93. The average Bonchev–Trinajstić information content (AvgIpc) is 3.22. The lowest BCUT2D eigenvalue weighted by molar-refractivity contribution is 0.179. The first-order valence-electron chi connectivity index (χ1n) is 9.59. The highest BCUT2D eigenvalue weighted by Crippen LogP contribution is 2.20. The number of nitrogens with zero attached hydrogens (tertiary/aromatic N) is 2. The highest BCUT2D eigenvalue weighted by atomic mass is 127. The molecule has 0 saturated carbocycles. The number of para-hydroxylation sites is 1. The lowest BCUT2D eigenvalue weighted by Gasteiger charge is -2.32. The fourth-order valence-electron chi connectivity index (χ4n) is 3.46. The molecule has 0 unspecified atom stereocenters. The smallest absolute Gasteiger partial charge is 0.191 e. The zero-order valence-corrected chi connectivity index (χ0v) is 19.8. The Hall–Kier alpha value is -1.32. The molecule has 3 rings (SSSR count). The summed E-state index contributed by atoms with van der Waals surface area (Å²) >= 11 is 1.85. The molecule has 1 saturated heterocycles. The van der Waals surface area contributed by atoms with Crippen LogP contribution >= 0.6 is 35.3 Å². The van der Waals surface area contributed by atoms with Crippen LogP contribution in [0, 0.1) is 5.92 Å². The number of aliphatic imine (C=N–C) groups is 1. The Morgan fingerprint density at radius 3 is 2.64 bits per heavy atom. The minimum atomic E-state index is 0. The van der Waals surface area contributed by atoms with Crippen molar-refractivity contribution in [1.82, 2.24) is 15.5 Å². The van der Waals surface area contributed by atoms with E-state index in [4.69, 9.17) is 4.74 Å². The lowest BCUT2D eigenvalue weighted by atomic mass is 9.97. The number of hydrogen-bond acceptors (Lipinski definition) is 4. The quantitative estimate of drug-likeness (QED) is 0.334. The first kappa shape index (κ1) is 23.0. The summed E-state index contributed by atoms with van der Waals surface area (Å²) in [5, 5.41) is 9.04. The predicted molar refractivity (Wildman–Crippen MR) is 129 cm³/mol. The van der Waals surface area contributed by atoms with Gasteiger partial charge in [-0.3, -0.25) is 9.89 Å². The molecule has 2 N–H and O–H groups in total. The van der Waals surface area contributed by atoms with E-state index < -0.39 is 0 Å². The fraction of sp³-hybridized carbons (Fsp3) is 0.476. The zero-order chi connectivity index (χ0) is 18.9. The van der Waals surface area contributed by atoms with Crippen molar-refractivity contribution in [2.45, 2.75) is 25.9 Å². The molecule has 7 heteroatoms. The summed E-state index contributed by atoms with van der Waals surface area (Å²) in [7, 11) is 3.53. The van der Waals surface area contributed by atoms with Gasteiger partial charge in [-0.1, -0.05) is 24.3 Å². The minimum absolute atomic E-state index is 0. The average molecular weight is 514 g/mol. The Morgan fingerprint density at radius 1 is 1.18 bits per heavy atom. The molecule has 0 atom stereocenters. The number of ether oxygens (including phenoxy) is 1. The number of thiophene rings is 1. The second-order valence-corrected chi connectivity index (χ2v) is 7.95. The Bertz CT molecular complexity index is 715. The molecule has 1 aromatic carbocycles. The van der Waals surface area contributed by atoms with Gasteiger partial charge in [-0.05, 0) is 49.4 Å². The van der Waals surface area contributed by atoms with Gasteiger partial charge in [0.2, 0.25) is 0 Å². The largest absolute Gasteiger partial charge is 0.496 e. The number of hydrogen-bond donors (Lipinski definition) is 2. The van der Waals surface area contributed by atoms with Crippen molar-refractivity contribution < 1.29 is 4.74 Å². The second kappa shape index (κ2) is 12.3. The van der Waals surface area contributed by atoms with Crippen molar-refractivity contribution >= 4 is 41.3 Å². The van der Waals surface area contributed by atoms with Crippen LogP contribution in [0.3, 0.4) is 0 Å². The maximum Gasteiger partial charge on any atom is 0.191 e. The van der Waals surface area contributed by atoms with Crippen LogP contribution in [0.1, 0.15) is 23.3 Å². The number of methoxy groups -OCH3 is 1. The summed E-state index contributed by atoms with van der Waals surface area (Å²) in [5.74, 6) is 2.45. The van der Waals surface area contributed by atoms with Gasteiger partial charge in [0, 0.05) is 37.1 Å². The summed E-state index contributed by atoms with van der Waals surface area (Å²) in [6.07, 6.45) is 2.48. The molecular formula is C21H31IN4OS. The Labute approximate surface area is 189 Å². The molecule has 1 fully saturated rings. The molecule has 5 nitrogen and oxygen atoms in total. The van der Waals surface area contributed by atoms with Gasteiger partial charge in [-0.15, -0.1) is 35.3 Å². The molecule has 0 spiro atoms. The number of piperidine rings is 1. The van der Waals surface area contributed by atoms with Crippen molar-refractivity contribution in [2.24, 2.45) is 10.9 Å². The number of rotatable bonds is 7. The van der Waals surface area contributed by atoms with Gasteiger partial charge < -0.3 is 15.4 Å². The molecule has 2 aromatic rings. The SMILES string of the molecule is CN=C(NCc1ccccc1OC)NCC1CCN(Cc2cccs2)CC1.I. The van der Waals surface area contributed by atoms with E-state index in [2.05, 4.69) is 44.1 Å². The van der Waals surface area contributed by atoms with Crippen LogP contribution < -0.4 is 15.4 Å². The number of guanidine groups is 1. The van der Waals surface area contributed by atoms with Crippen molar-refractivity contribution in [3.63, 3.8) is 0 Å². The maximum atomic E-state index is 5.41. The molecule has 0 bridgehead atoms. The van der Waals surface area contributed by atoms with Crippen molar-refractivity contribution in [3.8, 4) is 5.75 Å². The van der Waals surface area contributed by atoms with Gasteiger partial charge >= 0.3 is 0 Å². The minimum Gasteiger partial charge on any atom is -0.496 e. The maximum absolute atomic E-state index is 5.41. The van der Waals surface area contributed by atoms with E-state index >= 15 is 0 Å². The van der Waals surface area contributed by atoms with E-state index in [9.17, 15) is 0 Å². The number of likely N-dealkylation sites (tertiary alicyclic amines) is 1. The molecular weight excluding hydrogens is 483 g/mol. The van der Waals surface area contributed by atoms with Gasteiger partial charge in [0.1, 0.15) is 5.75 Å². The van der Waals surface area contributed by atoms with Crippen molar-refractivity contribution in [2.75, 3.05) is 33.8 Å². The van der Waals surface area contributed by atoms with E-state index in [-0.39, 0.29) is 24.0 Å². The lowest BCUT2D eigenvalue weighted by Crippen LogP contribution is -2.42. The Kier molecular flexibility index (Phi) is 10.1. The molecule has 1 aliphatic rings. The highest BCUT2D eigenvalue weighted by Gasteiger charge is 2.19. The monoisotopic (exact) mass is 514 g/mol. The van der Waals surface area contributed by atoms with E-state index in [1.807, 2.05) is 36.6 Å². The number of halogens is 1. The summed E-state index contributed by atoms with van der Waals surface area (Å²) in [6, 6.07) is 12.4. The van der Waals surface area contributed by atoms with Crippen LogP contribution in [0.4, 0.5) is 0 Å². The third-order valence-corrected chi connectivity index (χ3v) is 5.95. The van der Waals surface area contributed by atoms with E-state index in [0.29, 0.717) is 12.5 Å². The van der Waals surface area contributed by atoms with Crippen LogP contribution in [0.15, 0.2) is 46.8 Å². The van der Waals surface area contributed by atoms with Crippen LogP contribution in [0.2, 0.25) is 0 Å². The number of nitrogens with one attached hydrogen (secondary N) is 2. The van der Waals surface area contributed by atoms with Crippen LogP contribution in [0.5, 0.6) is 5.75 Å². The fourth-order valence-corrected chi connectivity index (χ4v) is 4.21. The molecule has 28 heavy (non-hydrogen) atoms. The van der Waals surface area contributed by atoms with Gasteiger partial charge in [0.15, 0.2) is 5.96 Å². The van der Waals surface area contributed by atoms with E-state index in [0.717, 1.165) is 30.4 Å². The second-order valence-electron chi connectivity index (χ2n) is 6.92. The van der Waals surface area contributed by atoms with Crippen LogP contribution in [-0.4, -0.2) is 44.7 Å². The molecule has 1 aliphatic heterocycles. The highest BCUT2D eigenvalue weighted by molar-refractivity contribution is 14.0. The molecule has 0 amide bonds. The molecule has 154 valence electrons. The molecule has 0 radical (unpaired) electrons. The van der Waals surface area contributed by atoms with Gasteiger partial charge in [0.25, 0.3) is 0 Å². The normalized spacial score (nSPS) is 15.7. The Morgan fingerprint density at radius 2 is 1.96 bits per heavy atom. The predicted octanol–water partition coefficient (Wildman–Crippen LogP) is 3.95. The molecule has 2 heterocycles. The van der Waals surface area contributed by atoms with Gasteiger partial charge in [-0.25, -0.2) is 0 Å². The number of benzene rings is 1. The van der Waals surface area contributed by atoms with Crippen molar-refractivity contribution in [1.29, 1.82) is 0 Å². The van der Waals surface area contributed by atoms with Crippen LogP contribution in [0.25, 0.3) is 0 Å². The standard InChI is InChI=1S/C21H30N4OS.HI/c1-22-21(24-15-18-6-3-4-8-20(18)26-2)23-14-17-9-11-25(12-10-17)16-19-7-5-13-27-19;/h3-8,13,17H,9-12,14-16H2,1-2H3,(H2,22,23,24);1H. The van der Waals surface area contributed by atoms with E-state index in [1.54, 1.807) is 7.11 Å². The summed E-state index contributed by atoms with van der Waals surface area (Å²) in [5.41, 5.74) is 1.13. The zero-order valence-electron chi connectivity index (χ0n) is 16.7. The van der Waals surface area contributed by atoms with Gasteiger partial charge in [-0.2, -0.15) is 0 Å². The van der Waals surface area contributed by atoms with Crippen LogP contribution in [-0.2, 0) is 13.1 Å². The topological polar surface area (TPSA) is 48.9 Å². The Balaban J connectivity index is 0.00000280. The molecule has 0 aliphatic carbocycles. The summed E-state index contributed by atoms with van der Waals surface area (Å²) < 4.78 is 5.41. The summed E-state index contributed by atoms with van der Waals surface area (Å²) in [4.78, 5) is 8.38. The first-order valence-corrected chi connectivity index (χ1v) is 10.5.